The SMILES string of the molecule is COc1ccc(CC[C@H]2CCCN(C(=O)c3ccsc3)C2)cc1. The normalized spacial score (nSPS) is 18.0. The smallest absolute Gasteiger partial charge is 0.254 e. The third-order valence-electron chi connectivity index (χ3n) is 4.57. The number of hydrogen-bond donors (Lipinski definition) is 0. The van der Waals surface area contributed by atoms with E-state index in [4.69, 9.17) is 4.74 Å². The quantitative estimate of drug-likeness (QED) is 0.821. The van der Waals surface area contributed by atoms with E-state index < -0.39 is 0 Å². The second kappa shape index (κ2) is 7.64. The number of benzene rings is 1. The van der Waals surface area contributed by atoms with Crippen LogP contribution in [0.25, 0.3) is 0 Å². The molecule has 4 heteroatoms. The summed E-state index contributed by atoms with van der Waals surface area (Å²) >= 11 is 1.59. The van der Waals surface area contributed by atoms with Gasteiger partial charge in [0.2, 0.25) is 0 Å². The minimum atomic E-state index is 0.195. The lowest BCUT2D eigenvalue weighted by molar-refractivity contribution is 0.0669. The summed E-state index contributed by atoms with van der Waals surface area (Å²) in [4.78, 5) is 14.5. The summed E-state index contributed by atoms with van der Waals surface area (Å²) < 4.78 is 5.20. The molecular weight excluding hydrogens is 306 g/mol. The van der Waals surface area contributed by atoms with E-state index in [9.17, 15) is 4.79 Å². The van der Waals surface area contributed by atoms with Crippen LogP contribution in [0.4, 0.5) is 0 Å². The number of rotatable bonds is 5. The first-order valence-corrected chi connectivity index (χ1v) is 9.15. The van der Waals surface area contributed by atoms with E-state index in [0.29, 0.717) is 5.92 Å². The predicted molar refractivity (Wildman–Crippen MR) is 94.3 cm³/mol. The molecule has 2 heterocycles. The van der Waals surface area contributed by atoms with Gasteiger partial charge < -0.3 is 9.64 Å². The number of ether oxygens (including phenoxy) is 1. The Hall–Kier alpha value is -1.81. The number of methoxy groups -OCH3 is 1. The van der Waals surface area contributed by atoms with Crippen LogP contribution in [-0.2, 0) is 6.42 Å². The molecule has 3 nitrogen and oxygen atoms in total. The average Bonchev–Trinajstić information content (AvgIpc) is 3.14. The van der Waals surface area contributed by atoms with E-state index >= 15 is 0 Å². The maximum atomic E-state index is 12.5. The van der Waals surface area contributed by atoms with Crippen molar-refractivity contribution in [1.82, 2.24) is 4.90 Å². The van der Waals surface area contributed by atoms with E-state index in [-0.39, 0.29) is 5.91 Å². The number of nitrogens with zero attached hydrogens (tertiary/aromatic N) is 1. The molecule has 122 valence electrons. The van der Waals surface area contributed by atoms with Crippen LogP contribution in [-0.4, -0.2) is 31.0 Å². The monoisotopic (exact) mass is 329 g/mol. The van der Waals surface area contributed by atoms with Gasteiger partial charge in [-0.05, 0) is 60.7 Å². The van der Waals surface area contributed by atoms with Crippen molar-refractivity contribution in [3.63, 3.8) is 0 Å². The Morgan fingerprint density at radius 3 is 2.83 bits per heavy atom. The fraction of sp³-hybridized carbons (Fsp3) is 0.421. The molecular formula is C19H23NO2S. The predicted octanol–water partition coefficient (Wildman–Crippen LogP) is 4.24. The van der Waals surface area contributed by atoms with E-state index in [2.05, 4.69) is 12.1 Å². The second-order valence-corrected chi connectivity index (χ2v) is 6.94. The van der Waals surface area contributed by atoms with Crippen LogP contribution >= 0.6 is 11.3 Å². The van der Waals surface area contributed by atoms with Gasteiger partial charge in [-0.2, -0.15) is 11.3 Å². The van der Waals surface area contributed by atoms with Crippen molar-refractivity contribution in [2.75, 3.05) is 20.2 Å². The Kier molecular flexibility index (Phi) is 5.34. The molecule has 1 fully saturated rings. The zero-order valence-corrected chi connectivity index (χ0v) is 14.3. The standard InChI is InChI=1S/C19H23NO2S/c1-22-18-8-6-15(7-9-18)4-5-16-3-2-11-20(13-16)19(21)17-10-12-23-14-17/h6-10,12,14,16H,2-5,11,13H2,1H3/t16-/m1/s1. The average molecular weight is 329 g/mol. The highest BCUT2D eigenvalue weighted by atomic mass is 32.1. The lowest BCUT2D eigenvalue weighted by Gasteiger charge is -2.32. The van der Waals surface area contributed by atoms with Crippen molar-refractivity contribution >= 4 is 17.2 Å². The molecule has 2 aromatic rings. The molecule has 0 radical (unpaired) electrons. The van der Waals surface area contributed by atoms with Gasteiger partial charge in [0, 0.05) is 18.5 Å². The van der Waals surface area contributed by atoms with Gasteiger partial charge in [0.25, 0.3) is 5.91 Å². The molecule has 1 aliphatic rings. The number of piperidine rings is 1. The highest BCUT2D eigenvalue weighted by Crippen LogP contribution is 2.24. The Bertz CT molecular complexity index is 621. The number of aryl methyl sites for hydroxylation is 1. The molecule has 3 rings (SSSR count). The molecule has 1 aromatic heterocycles. The molecule has 1 amide bonds. The third-order valence-corrected chi connectivity index (χ3v) is 5.26. The van der Waals surface area contributed by atoms with Crippen LogP contribution in [0.1, 0.15) is 35.2 Å². The summed E-state index contributed by atoms with van der Waals surface area (Å²) in [6.45, 7) is 1.79. The number of hydrogen-bond acceptors (Lipinski definition) is 3. The van der Waals surface area contributed by atoms with Crippen LogP contribution in [0, 0.1) is 5.92 Å². The third kappa shape index (κ3) is 4.14. The van der Waals surface area contributed by atoms with Crippen LogP contribution in [0.5, 0.6) is 5.75 Å². The maximum absolute atomic E-state index is 12.5. The maximum Gasteiger partial charge on any atom is 0.254 e. The highest BCUT2D eigenvalue weighted by molar-refractivity contribution is 7.08. The molecule has 1 aromatic carbocycles. The first-order valence-electron chi connectivity index (χ1n) is 8.20. The molecule has 1 atom stereocenters. The fourth-order valence-corrected chi connectivity index (χ4v) is 3.85. The topological polar surface area (TPSA) is 29.5 Å². The Labute approximate surface area is 141 Å². The lowest BCUT2D eigenvalue weighted by atomic mass is 9.91. The first-order chi connectivity index (χ1) is 11.3. The van der Waals surface area contributed by atoms with Gasteiger partial charge >= 0.3 is 0 Å². The molecule has 0 aliphatic carbocycles. The zero-order chi connectivity index (χ0) is 16.1. The molecule has 1 saturated heterocycles. The van der Waals surface area contributed by atoms with Crippen molar-refractivity contribution in [1.29, 1.82) is 0 Å². The minimum absolute atomic E-state index is 0.195. The zero-order valence-electron chi connectivity index (χ0n) is 13.5. The first kappa shape index (κ1) is 16.1. The minimum Gasteiger partial charge on any atom is -0.497 e. The summed E-state index contributed by atoms with van der Waals surface area (Å²) in [7, 11) is 1.69. The molecule has 1 aliphatic heterocycles. The van der Waals surface area contributed by atoms with Gasteiger partial charge in [0.15, 0.2) is 0 Å². The fourth-order valence-electron chi connectivity index (χ4n) is 3.22. The Morgan fingerprint density at radius 1 is 1.30 bits per heavy atom. The van der Waals surface area contributed by atoms with Crippen molar-refractivity contribution in [2.45, 2.75) is 25.7 Å². The van der Waals surface area contributed by atoms with E-state index in [1.165, 1.54) is 12.0 Å². The molecule has 0 unspecified atom stereocenters. The van der Waals surface area contributed by atoms with Gasteiger partial charge in [0.1, 0.15) is 5.75 Å². The van der Waals surface area contributed by atoms with E-state index in [0.717, 1.165) is 43.7 Å². The van der Waals surface area contributed by atoms with Gasteiger partial charge in [-0.25, -0.2) is 0 Å². The number of thiophene rings is 1. The molecule has 0 N–H and O–H groups in total. The number of likely N-dealkylation sites (tertiary alicyclic amines) is 1. The van der Waals surface area contributed by atoms with Crippen LogP contribution in [0.15, 0.2) is 41.1 Å². The van der Waals surface area contributed by atoms with Gasteiger partial charge in [0.05, 0.1) is 12.7 Å². The summed E-state index contributed by atoms with van der Waals surface area (Å²) in [6, 6.07) is 10.2. The van der Waals surface area contributed by atoms with Crippen LogP contribution < -0.4 is 4.74 Å². The highest BCUT2D eigenvalue weighted by Gasteiger charge is 2.24. The summed E-state index contributed by atoms with van der Waals surface area (Å²) in [5.74, 6) is 1.70. The molecule has 0 spiro atoms. The number of carbonyl (C=O) groups excluding carboxylic acids is 1. The van der Waals surface area contributed by atoms with Gasteiger partial charge in [-0.3, -0.25) is 4.79 Å². The van der Waals surface area contributed by atoms with Gasteiger partial charge in [-0.15, -0.1) is 0 Å². The lowest BCUT2D eigenvalue weighted by Crippen LogP contribution is -2.39. The van der Waals surface area contributed by atoms with Crippen LogP contribution in [0.3, 0.4) is 0 Å². The van der Waals surface area contributed by atoms with E-state index in [1.807, 2.05) is 33.9 Å². The molecule has 0 bridgehead atoms. The van der Waals surface area contributed by atoms with Crippen molar-refractivity contribution in [3.05, 3.63) is 52.2 Å². The summed E-state index contributed by atoms with van der Waals surface area (Å²) in [6.07, 6.45) is 4.54. The Balaban J connectivity index is 1.53. The van der Waals surface area contributed by atoms with Gasteiger partial charge in [-0.1, -0.05) is 12.1 Å². The second-order valence-electron chi connectivity index (χ2n) is 6.16. The van der Waals surface area contributed by atoms with Crippen molar-refractivity contribution in [2.24, 2.45) is 5.92 Å². The number of amides is 1. The summed E-state index contributed by atoms with van der Waals surface area (Å²) in [5, 5.41) is 3.92. The summed E-state index contributed by atoms with van der Waals surface area (Å²) in [5.41, 5.74) is 2.18. The van der Waals surface area contributed by atoms with Crippen molar-refractivity contribution < 1.29 is 9.53 Å². The molecule has 23 heavy (non-hydrogen) atoms. The molecule has 0 saturated carbocycles. The largest absolute Gasteiger partial charge is 0.497 e. The Morgan fingerprint density at radius 2 is 2.13 bits per heavy atom. The van der Waals surface area contributed by atoms with Crippen molar-refractivity contribution in [3.8, 4) is 5.75 Å². The van der Waals surface area contributed by atoms with E-state index in [1.54, 1.807) is 18.4 Å². The number of carbonyl (C=O) groups is 1. The van der Waals surface area contributed by atoms with Crippen LogP contribution in [0.2, 0.25) is 0 Å².